The van der Waals surface area contributed by atoms with Gasteiger partial charge in [-0.05, 0) is 24.6 Å². The maximum atomic E-state index is 5.61. The predicted molar refractivity (Wildman–Crippen MR) is 76.7 cm³/mol. The van der Waals surface area contributed by atoms with Gasteiger partial charge in [0.05, 0.1) is 6.61 Å². The molecule has 1 heterocycles. The first-order valence-electron chi connectivity index (χ1n) is 5.66. The van der Waals surface area contributed by atoms with Gasteiger partial charge in [0, 0.05) is 11.0 Å². The van der Waals surface area contributed by atoms with E-state index in [2.05, 4.69) is 31.4 Å². The van der Waals surface area contributed by atoms with E-state index in [1.807, 2.05) is 31.2 Å². The molecule has 0 aliphatic rings. The van der Waals surface area contributed by atoms with Gasteiger partial charge in [-0.15, -0.1) is 10.2 Å². The lowest BCUT2D eigenvalue weighted by Crippen LogP contribution is -1.94. The molecule has 6 heteroatoms. The molecule has 4 nitrogen and oxygen atoms in total. The molecular formula is C12H14BrN3OS. The SMILES string of the molecule is CCNc1nnc(COCc2cccc(Br)c2)s1. The van der Waals surface area contributed by atoms with Crippen molar-refractivity contribution >= 4 is 32.4 Å². The van der Waals surface area contributed by atoms with Gasteiger partial charge >= 0.3 is 0 Å². The molecule has 0 saturated carbocycles. The van der Waals surface area contributed by atoms with Crippen LogP contribution in [0, 0.1) is 0 Å². The zero-order valence-corrected chi connectivity index (χ0v) is 12.4. The Balaban J connectivity index is 1.81. The standard InChI is InChI=1S/C12H14BrN3OS/c1-2-14-12-16-15-11(18-12)8-17-7-9-4-3-5-10(13)6-9/h3-6H,2,7-8H2,1H3,(H,14,16). The van der Waals surface area contributed by atoms with Gasteiger partial charge in [-0.25, -0.2) is 0 Å². The molecule has 2 aromatic rings. The molecule has 2 rings (SSSR count). The molecule has 0 unspecified atom stereocenters. The normalized spacial score (nSPS) is 10.6. The van der Waals surface area contributed by atoms with E-state index in [1.165, 1.54) is 11.3 Å². The van der Waals surface area contributed by atoms with E-state index in [4.69, 9.17) is 4.74 Å². The average molecular weight is 328 g/mol. The number of benzene rings is 1. The van der Waals surface area contributed by atoms with Crippen LogP contribution in [0.3, 0.4) is 0 Å². The first-order chi connectivity index (χ1) is 8.78. The third kappa shape index (κ3) is 4.04. The number of anilines is 1. The summed E-state index contributed by atoms with van der Waals surface area (Å²) in [6.07, 6.45) is 0. The van der Waals surface area contributed by atoms with Gasteiger partial charge < -0.3 is 10.1 Å². The second-order valence-corrected chi connectivity index (χ2v) is 5.63. The summed E-state index contributed by atoms with van der Waals surface area (Å²) in [7, 11) is 0. The van der Waals surface area contributed by atoms with E-state index in [1.54, 1.807) is 0 Å². The fourth-order valence-electron chi connectivity index (χ4n) is 1.42. The molecule has 1 N–H and O–H groups in total. The summed E-state index contributed by atoms with van der Waals surface area (Å²) in [4.78, 5) is 0. The first-order valence-corrected chi connectivity index (χ1v) is 7.27. The van der Waals surface area contributed by atoms with Crippen molar-refractivity contribution in [1.29, 1.82) is 0 Å². The second-order valence-electron chi connectivity index (χ2n) is 3.65. The lowest BCUT2D eigenvalue weighted by atomic mass is 10.2. The Labute approximate surface area is 119 Å². The Morgan fingerprint density at radius 2 is 2.22 bits per heavy atom. The van der Waals surface area contributed by atoms with Crippen LogP contribution in [0.25, 0.3) is 0 Å². The number of halogens is 1. The number of nitrogens with zero attached hydrogens (tertiary/aromatic N) is 2. The van der Waals surface area contributed by atoms with Crippen molar-refractivity contribution < 1.29 is 4.74 Å². The monoisotopic (exact) mass is 327 g/mol. The zero-order valence-electron chi connectivity index (χ0n) is 10.0. The summed E-state index contributed by atoms with van der Waals surface area (Å²) in [5, 5.41) is 12.9. The summed E-state index contributed by atoms with van der Waals surface area (Å²) in [6, 6.07) is 8.08. The van der Waals surface area contributed by atoms with Crippen LogP contribution in [-0.2, 0) is 18.0 Å². The molecule has 0 amide bonds. The molecule has 1 aromatic heterocycles. The second kappa shape index (κ2) is 6.82. The highest BCUT2D eigenvalue weighted by molar-refractivity contribution is 9.10. The van der Waals surface area contributed by atoms with Crippen molar-refractivity contribution in [3.63, 3.8) is 0 Å². The van der Waals surface area contributed by atoms with Gasteiger partial charge in [0.15, 0.2) is 0 Å². The Morgan fingerprint density at radius 3 is 3.00 bits per heavy atom. The van der Waals surface area contributed by atoms with Gasteiger partial charge in [0.25, 0.3) is 0 Å². The molecule has 0 saturated heterocycles. The molecule has 0 fully saturated rings. The third-order valence-corrected chi connectivity index (χ3v) is 3.53. The Kier molecular flexibility index (Phi) is 5.10. The van der Waals surface area contributed by atoms with E-state index < -0.39 is 0 Å². The summed E-state index contributed by atoms with van der Waals surface area (Å²) in [6.45, 7) is 3.96. The average Bonchev–Trinajstić information content (AvgIpc) is 2.78. The smallest absolute Gasteiger partial charge is 0.205 e. The Bertz CT molecular complexity index is 504. The van der Waals surface area contributed by atoms with Crippen LogP contribution in [0.2, 0.25) is 0 Å². The maximum absolute atomic E-state index is 5.61. The van der Waals surface area contributed by atoms with E-state index in [0.717, 1.165) is 26.7 Å². The Hall–Kier alpha value is -0.980. The van der Waals surface area contributed by atoms with Gasteiger partial charge in [0.1, 0.15) is 11.6 Å². The summed E-state index contributed by atoms with van der Waals surface area (Å²) >= 11 is 4.96. The number of rotatable bonds is 6. The summed E-state index contributed by atoms with van der Waals surface area (Å²) < 4.78 is 6.68. The molecule has 0 spiro atoms. The predicted octanol–water partition coefficient (Wildman–Crippen LogP) is 3.45. The molecule has 96 valence electrons. The van der Waals surface area contributed by atoms with Gasteiger partial charge in [-0.2, -0.15) is 0 Å². The van der Waals surface area contributed by atoms with Crippen LogP contribution in [0.5, 0.6) is 0 Å². The van der Waals surface area contributed by atoms with Crippen LogP contribution in [0.1, 0.15) is 17.5 Å². The number of nitrogens with one attached hydrogen (secondary N) is 1. The highest BCUT2D eigenvalue weighted by Crippen LogP contribution is 2.17. The summed E-state index contributed by atoms with van der Waals surface area (Å²) in [5.41, 5.74) is 1.14. The largest absolute Gasteiger partial charge is 0.370 e. The summed E-state index contributed by atoms with van der Waals surface area (Å²) in [5.74, 6) is 0. The fraction of sp³-hybridized carbons (Fsp3) is 0.333. The third-order valence-electron chi connectivity index (χ3n) is 2.18. The van der Waals surface area contributed by atoms with Crippen LogP contribution in [0.4, 0.5) is 5.13 Å². The van der Waals surface area contributed by atoms with Gasteiger partial charge in [0.2, 0.25) is 5.13 Å². The van der Waals surface area contributed by atoms with Crippen LogP contribution < -0.4 is 5.32 Å². The maximum Gasteiger partial charge on any atom is 0.205 e. The lowest BCUT2D eigenvalue weighted by Gasteiger charge is -2.02. The quantitative estimate of drug-likeness (QED) is 0.882. The van der Waals surface area contributed by atoms with Gasteiger partial charge in [-0.3, -0.25) is 0 Å². The van der Waals surface area contributed by atoms with Crippen LogP contribution >= 0.6 is 27.3 Å². The van der Waals surface area contributed by atoms with Crippen molar-refractivity contribution in [1.82, 2.24) is 10.2 Å². The zero-order chi connectivity index (χ0) is 12.8. The molecule has 0 aliphatic heterocycles. The minimum atomic E-state index is 0.496. The topological polar surface area (TPSA) is 47.0 Å². The number of hydrogen-bond acceptors (Lipinski definition) is 5. The molecule has 0 radical (unpaired) electrons. The van der Waals surface area contributed by atoms with Crippen molar-refractivity contribution in [3.8, 4) is 0 Å². The minimum Gasteiger partial charge on any atom is -0.370 e. The number of aromatic nitrogens is 2. The van der Waals surface area contributed by atoms with Crippen molar-refractivity contribution in [2.45, 2.75) is 20.1 Å². The molecule has 18 heavy (non-hydrogen) atoms. The number of ether oxygens (including phenoxy) is 1. The van der Waals surface area contributed by atoms with Crippen molar-refractivity contribution in [2.24, 2.45) is 0 Å². The molecule has 1 aromatic carbocycles. The van der Waals surface area contributed by atoms with Crippen LogP contribution in [-0.4, -0.2) is 16.7 Å². The van der Waals surface area contributed by atoms with E-state index in [9.17, 15) is 0 Å². The molecule has 0 atom stereocenters. The molecular weight excluding hydrogens is 314 g/mol. The minimum absolute atomic E-state index is 0.496. The molecule has 0 aliphatic carbocycles. The van der Waals surface area contributed by atoms with E-state index in [-0.39, 0.29) is 0 Å². The van der Waals surface area contributed by atoms with Crippen molar-refractivity contribution in [3.05, 3.63) is 39.3 Å². The highest BCUT2D eigenvalue weighted by Gasteiger charge is 2.03. The van der Waals surface area contributed by atoms with Gasteiger partial charge in [-0.1, -0.05) is 39.4 Å². The van der Waals surface area contributed by atoms with Crippen LogP contribution in [0.15, 0.2) is 28.7 Å². The van der Waals surface area contributed by atoms with E-state index in [0.29, 0.717) is 13.2 Å². The first kappa shape index (κ1) is 13.5. The lowest BCUT2D eigenvalue weighted by molar-refractivity contribution is 0.106. The number of hydrogen-bond donors (Lipinski definition) is 1. The van der Waals surface area contributed by atoms with Crippen molar-refractivity contribution in [2.75, 3.05) is 11.9 Å². The highest BCUT2D eigenvalue weighted by atomic mass is 79.9. The van der Waals surface area contributed by atoms with E-state index >= 15 is 0 Å². The Morgan fingerprint density at radius 1 is 1.33 bits per heavy atom. The molecule has 0 bridgehead atoms. The fourth-order valence-corrected chi connectivity index (χ4v) is 2.61.